The molecule has 0 spiro atoms. The van der Waals surface area contributed by atoms with Crippen LogP contribution in [-0.4, -0.2) is 51.0 Å². The number of amides is 1. The van der Waals surface area contributed by atoms with Crippen LogP contribution in [0.3, 0.4) is 0 Å². The number of H-pyrrole nitrogens is 1. The van der Waals surface area contributed by atoms with Crippen LogP contribution in [0, 0.1) is 28.6 Å². The van der Waals surface area contributed by atoms with Gasteiger partial charge in [-0.25, -0.2) is 4.79 Å². The number of hydrogen-bond donors (Lipinski definition) is 4. The number of oxime groups is 1. The Morgan fingerprint density at radius 3 is 2.68 bits per heavy atom. The number of allylic oxidation sites excluding steroid dienone is 2. The molecule has 4 unspecified atom stereocenters. The van der Waals surface area contributed by atoms with Crippen molar-refractivity contribution in [2.75, 3.05) is 6.61 Å². The zero-order chi connectivity index (χ0) is 29.0. The zero-order valence-electron chi connectivity index (χ0n) is 24.4. The van der Waals surface area contributed by atoms with Crippen LogP contribution in [0.5, 0.6) is 0 Å². The Morgan fingerprint density at radius 2 is 1.88 bits per heavy atom. The lowest BCUT2D eigenvalue weighted by Gasteiger charge is -2.59. The van der Waals surface area contributed by atoms with Gasteiger partial charge in [0.25, 0.3) is 5.91 Å². The van der Waals surface area contributed by atoms with E-state index >= 15 is 0 Å². The van der Waals surface area contributed by atoms with E-state index in [1.54, 1.807) is 6.20 Å². The number of carbonyl (C=O) groups is 2. The van der Waals surface area contributed by atoms with E-state index in [0.717, 1.165) is 73.5 Å². The standard InChI is InChI=1S/C33H43N3O5/c1-31-13-10-22(17-21(31)8-9-24-25(31)11-14-32(2)26(24)12-15-33(32,3)40)36-41-19-29(37)35-28(30(38)39)16-20-18-34-27-7-5-4-6-23(20)27/h4-7,17-18,24-26,28,34,40H,8-16,19H2,1-3H3,(H,35,37)(H,38,39)/b36-22+/t24?,25?,26?,28?,31-,32-,33-/m0/s1. The number of carboxylic acids is 1. The maximum absolute atomic E-state index is 12.6. The minimum absolute atomic E-state index is 0.0243. The summed E-state index contributed by atoms with van der Waals surface area (Å²) >= 11 is 0. The smallest absolute Gasteiger partial charge is 0.326 e. The van der Waals surface area contributed by atoms with Gasteiger partial charge in [0, 0.05) is 23.5 Å². The number of hydrogen-bond acceptors (Lipinski definition) is 5. The quantitative estimate of drug-likeness (QED) is 0.339. The monoisotopic (exact) mass is 561 g/mol. The van der Waals surface area contributed by atoms with Crippen molar-refractivity contribution in [1.82, 2.24) is 10.3 Å². The molecule has 7 atom stereocenters. The Labute approximate surface area is 241 Å². The van der Waals surface area contributed by atoms with Gasteiger partial charge in [-0.3, -0.25) is 4.79 Å². The number of aliphatic carboxylic acids is 1. The number of aromatic nitrogens is 1. The van der Waals surface area contributed by atoms with Gasteiger partial charge in [-0.05, 0) is 105 Å². The van der Waals surface area contributed by atoms with Crippen LogP contribution in [-0.2, 0) is 20.8 Å². The lowest BCUT2D eigenvalue weighted by atomic mass is 9.46. The number of nitrogens with zero attached hydrogens (tertiary/aromatic N) is 1. The number of aliphatic hydroxyl groups is 1. The first kappa shape index (κ1) is 28.0. The molecule has 3 saturated carbocycles. The summed E-state index contributed by atoms with van der Waals surface area (Å²) in [6, 6.07) is 6.62. The predicted molar refractivity (Wildman–Crippen MR) is 157 cm³/mol. The number of carboxylic acid groups (broad SMARTS) is 1. The third kappa shape index (κ3) is 4.78. The Kier molecular flexibility index (Phi) is 7.04. The second-order valence-corrected chi connectivity index (χ2v) is 13.6. The van der Waals surface area contributed by atoms with Crippen LogP contribution >= 0.6 is 0 Å². The summed E-state index contributed by atoms with van der Waals surface area (Å²) < 4.78 is 0. The van der Waals surface area contributed by atoms with E-state index in [1.807, 2.05) is 24.3 Å². The van der Waals surface area contributed by atoms with Gasteiger partial charge in [0.15, 0.2) is 6.61 Å². The van der Waals surface area contributed by atoms with E-state index in [1.165, 1.54) is 5.57 Å². The van der Waals surface area contributed by atoms with Crippen molar-refractivity contribution in [3.8, 4) is 0 Å². The minimum atomic E-state index is -1.09. The fourth-order valence-corrected chi connectivity index (χ4v) is 9.02. The Hall–Kier alpha value is -3.13. The lowest BCUT2D eigenvalue weighted by molar-refractivity contribution is -0.142. The minimum Gasteiger partial charge on any atom is -0.480 e. The number of aromatic amines is 1. The largest absolute Gasteiger partial charge is 0.480 e. The Morgan fingerprint density at radius 1 is 1.10 bits per heavy atom. The molecule has 0 saturated heterocycles. The van der Waals surface area contributed by atoms with Crippen LogP contribution in [0.1, 0.15) is 77.7 Å². The summed E-state index contributed by atoms with van der Waals surface area (Å²) in [4.78, 5) is 33.0. The van der Waals surface area contributed by atoms with Gasteiger partial charge in [0.05, 0.1) is 11.3 Å². The number of benzene rings is 1. The molecular weight excluding hydrogens is 518 g/mol. The summed E-state index contributed by atoms with van der Waals surface area (Å²) in [5.41, 5.74) is 3.66. The fourth-order valence-electron chi connectivity index (χ4n) is 9.02. The van der Waals surface area contributed by atoms with Crippen molar-refractivity contribution in [1.29, 1.82) is 0 Å². The number of nitrogens with one attached hydrogen (secondary N) is 2. The van der Waals surface area contributed by atoms with E-state index in [2.05, 4.69) is 42.3 Å². The highest BCUT2D eigenvalue weighted by atomic mass is 16.6. The first-order valence-corrected chi connectivity index (χ1v) is 15.2. The lowest BCUT2D eigenvalue weighted by Crippen LogP contribution is -2.53. The van der Waals surface area contributed by atoms with Gasteiger partial charge < -0.3 is 25.4 Å². The molecule has 2 aromatic rings. The van der Waals surface area contributed by atoms with Crippen molar-refractivity contribution < 1.29 is 24.6 Å². The number of rotatable bonds is 7. The molecule has 6 rings (SSSR count). The van der Waals surface area contributed by atoms with Crippen LogP contribution in [0.25, 0.3) is 10.9 Å². The molecule has 4 N–H and O–H groups in total. The summed E-state index contributed by atoms with van der Waals surface area (Å²) in [5, 5.41) is 28.7. The molecule has 1 aromatic heterocycles. The van der Waals surface area contributed by atoms with Crippen molar-refractivity contribution in [3.63, 3.8) is 0 Å². The molecule has 1 amide bonds. The topological polar surface area (TPSA) is 124 Å². The number of para-hydroxylation sites is 1. The van der Waals surface area contributed by atoms with Gasteiger partial charge in [-0.15, -0.1) is 0 Å². The van der Waals surface area contributed by atoms with Gasteiger partial charge in [0.2, 0.25) is 0 Å². The molecule has 0 bridgehead atoms. The Balaban J connectivity index is 1.07. The van der Waals surface area contributed by atoms with Crippen LogP contribution in [0.4, 0.5) is 0 Å². The average Bonchev–Trinajstić information content (AvgIpc) is 3.45. The van der Waals surface area contributed by atoms with Crippen molar-refractivity contribution >= 4 is 28.5 Å². The molecule has 8 nitrogen and oxygen atoms in total. The van der Waals surface area contributed by atoms with E-state index < -0.39 is 23.5 Å². The second kappa shape index (κ2) is 10.3. The number of fused-ring (bicyclic) bond motifs is 6. The molecule has 0 radical (unpaired) electrons. The molecule has 220 valence electrons. The molecule has 41 heavy (non-hydrogen) atoms. The number of carbonyl (C=O) groups excluding carboxylic acids is 1. The van der Waals surface area contributed by atoms with E-state index in [0.29, 0.717) is 17.8 Å². The van der Waals surface area contributed by atoms with Gasteiger partial charge >= 0.3 is 5.97 Å². The van der Waals surface area contributed by atoms with Crippen LogP contribution in [0.15, 0.2) is 47.3 Å². The molecule has 3 fully saturated rings. The molecule has 1 aromatic carbocycles. The third-order valence-electron chi connectivity index (χ3n) is 11.6. The zero-order valence-corrected chi connectivity index (χ0v) is 24.4. The first-order chi connectivity index (χ1) is 19.5. The maximum atomic E-state index is 12.6. The summed E-state index contributed by atoms with van der Waals surface area (Å²) in [7, 11) is 0. The van der Waals surface area contributed by atoms with Crippen molar-refractivity contribution in [2.45, 2.75) is 90.2 Å². The van der Waals surface area contributed by atoms with E-state index in [9.17, 15) is 19.8 Å². The van der Waals surface area contributed by atoms with E-state index in [4.69, 9.17) is 4.84 Å². The molecule has 4 aliphatic rings. The molecule has 8 heteroatoms. The van der Waals surface area contributed by atoms with E-state index in [-0.39, 0.29) is 23.9 Å². The van der Waals surface area contributed by atoms with Crippen LogP contribution in [0.2, 0.25) is 0 Å². The second-order valence-electron chi connectivity index (χ2n) is 13.6. The molecule has 0 aliphatic heterocycles. The highest BCUT2D eigenvalue weighted by molar-refractivity contribution is 5.96. The summed E-state index contributed by atoms with van der Waals surface area (Å²) in [5.74, 6) is 0.291. The highest BCUT2D eigenvalue weighted by Crippen LogP contribution is 2.67. The Bertz CT molecular complexity index is 1410. The van der Waals surface area contributed by atoms with Gasteiger partial charge in [0.1, 0.15) is 6.04 Å². The molecule has 4 aliphatic carbocycles. The fraction of sp³-hybridized carbons (Fsp3) is 0.606. The van der Waals surface area contributed by atoms with Crippen LogP contribution < -0.4 is 5.32 Å². The van der Waals surface area contributed by atoms with Gasteiger partial charge in [-0.2, -0.15) is 0 Å². The SMILES string of the molecule is C[C@]12CC/C(=N\OCC(=O)NC(Cc3c[nH]c4ccccc34)C(=O)O)C=C1CCC1C2CC[C@@]2(C)C1CC[C@]2(C)O. The summed E-state index contributed by atoms with van der Waals surface area (Å²) in [6.45, 7) is 6.48. The average molecular weight is 562 g/mol. The van der Waals surface area contributed by atoms with Crippen molar-refractivity contribution in [3.05, 3.63) is 47.7 Å². The predicted octanol–water partition coefficient (Wildman–Crippen LogP) is 5.37. The molecular formula is C33H43N3O5. The third-order valence-corrected chi connectivity index (χ3v) is 11.6. The maximum Gasteiger partial charge on any atom is 0.326 e. The highest BCUT2D eigenvalue weighted by Gasteiger charge is 2.62. The normalized spacial score (nSPS) is 36.1. The first-order valence-electron chi connectivity index (χ1n) is 15.2. The molecule has 1 heterocycles. The van der Waals surface area contributed by atoms with Gasteiger partial charge in [-0.1, -0.05) is 42.8 Å². The van der Waals surface area contributed by atoms with Crippen molar-refractivity contribution in [2.24, 2.45) is 33.7 Å². The summed E-state index contributed by atoms with van der Waals surface area (Å²) in [6.07, 6.45) is 12.4.